The number of rotatable bonds is 6. The summed E-state index contributed by atoms with van der Waals surface area (Å²) < 4.78 is 9.26. The molecule has 0 saturated heterocycles. The Balaban J connectivity index is 1.67. The van der Waals surface area contributed by atoms with E-state index in [4.69, 9.17) is 16.3 Å². The number of ether oxygens (including phenoxy) is 1. The second-order valence-corrected chi connectivity index (χ2v) is 10.7. The molecular weight excluding hydrogens is 552 g/mol. The van der Waals surface area contributed by atoms with Gasteiger partial charge in [-0.2, -0.15) is 0 Å². The second kappa shape index (κ2) is 10.7. The highest BCUT2D eigenvalue weighted by atomic mass is 35.5. The number of aryl methyl sites for hydroxylation is 1. The van der Waals surface area contributed by atoms with Crippen LogP contribution < -0.4 is 14.9 Å². The summed E-state index contributed by atoms with van der Waals surface area (Å²) in [6.45, 7) is 7.48. The summed E-state index contributed by atoms with van der Waals surface area (Å²) in [5.74, 6) is -0.547. The van der Waals surface area contributed by atoms with Gasteiger partial charge in [-0.3, -0.25) is 19.5 Å². The van der Waals surface area contributed by atoms with Crippen LogP contribution in [0.4, 0.5) is 5.69 Å². The van der Waals surface area contributed by atoms with Gasteiger partial charge < -0.3 is 9.30 Å². The lowest BCUT2D eigenvalue weighted by atomic mass is 9.96. The summed E-state index contributed by atoms with van der Waals surface area (Å²) in [5, 5.41) is 11.5. The Labute approximate surface area is 238 Å². The summed E-state index contributed by atoms with van der Waals surface area (Å²) in [5.41, 5.74) is 4.40. The standard InChI is InChI=1S/C29H25ClN4O5S/c1-5-39-28(36)25-17(3)31-29-33(26(25)22-8-6-7-9-23(22)30)27(35)24(40-29)15-19-14-16(2)32(18(19)4)20-10-12-21(13-11-20)34(37)38/h6-15,26H,5H2,1-4H3. The Hall–Kier alpha value is -4.28. The summed E-state index contributed by atoms with van der Waals surface area (Å²) in [7, 11) is 0. The van der Waals surface area contributed by atoms with E-state index in [1.165, 1.54) is 28.0 Å². The van der Waals surface area contributed by atoms with Crippen LogP contribution in [0.3, 0.4) is 0 Å². The predicted octanol–water partition coefficient (Wildman–Crippen LogP) is 4.77. The summed E-state index contributed by atoms with van der Waals surface area (Å²) in [6.07, 6.45) is 1.81. The van der Waals surface area contributed by atoms with Crippen molar-refractivity contribution in [1.82, 2.24) is 9.13 Å². The number of allylic oxidation sites excluding steroid dienone is 1. The average molecular weight is 577 g/mol. The van der Waals surface area contributed by atoms with Gasteiger partial charge in [0.25, 0.3) is 11.2 Å². The van der Waals surface area contributed by atoms with Crippen molar-refractivity contribution in [3.05, 3.63) is 123 Å². The van der Waals surface area contributed by atoms with Crippen molar-refractivity contribution < 1.29 is 14.5 Å². The zero-order valence-corrected chi connectivity index (χ0v) is 23.7. The highest BCUT2D eigenvalue weighted by molar-refractivity contribution is 7.07. The lowest BCUT2D eigenvalue weighted by Gasteiger charge is -2.25. The van der Waals surface area contributed by atoms with E-state index < -0.39 is 16.9 Å². The number of thiazole rings is 1. The molecule has 2 aromatic heterocycles. The molecule has 0 spiro atoms. The van der Waals surface area contributed by atoms with Crippen molar-refractivity contribution in [3.63, 3.8) is 0 Å². The molecule has 204 valence electrons. The van der Waals surface area contributed by atoms with Gasteiger partial charge in [-0.1, -0.05) is 41.1 Å². The molecule has 0 saturated carbocycles. The van der Waals surface area contributed by atoms with Crippen LogP contribution in [0.15, 0.2) is 75.7 Å². The lowest BCUT2D eigenvalue weighted by Crippen LogP contribution is -2.40. The van der Waals surface area contributed by atoms with E-state index in [-0.39, 0.29) is 23.4 Å². The molecule has 5 rings (SSSR count). The number of esters is 1. The fourth-order valence-electron chi connectivity index (χ4n) is 4.98. The Morgan fingerprint density at radius 3 is 2.52 bits per heavy atom. The van der Waals surface area contributed by atoms with Crippen LogP contribution in [-0.2, 0) is 9.53 Å². The minimum absolute atomic E-state index is 0.0121. The second-order valence-electron chi connectivity index (χ2n) is 9.26. The Morgan fingerprint density at radius 2 is 1.88 bits per heavy atom. The number of carbonyl (C=O) groups excluding carboxylic acids is 1. The molecule has 1 aliphatic heterocycles. The monoisotopic (exact) mass is 576 g/mol. The molecule has 0 amide bonds. The zero-order chi connectivity index (χ0) is 28.7. The van der Waals surface area contributed by atoms with Crippen LogP contribution in [-0.4, -0.2) is 26.6 Å². The number of fused-ring (bicyclic) bond motifs is 1. The molecule has 0 N–H and O–H groups in total. The third kappa shape index (κ3) is 4.69. The smallest absolute Gasteiger partial charge is 0.338 e. The van der Waals surface area contributed by atoms with Crippen molar-refractivity contribution in [2.75, 3.05) is 6.61 Å². The van der Waals surface area contributed by atoms with Gasteiger partial charge in [0.1, 0.15) is 6.04 Å². The molecule has 0 bridgehead atoms. The molecule has 4 aromatic rings. The van der Waals surface area contributed by atoms with Crippen molar-refractivity contribution in [1.29, 1.82) is 0 Å². The number of nitrogens with zero attached hydrogens (tertiary/aromatic N) is 4. The Kier molecular flexibility index (Phi) is 7.31. The fraction of sp³-hybridized carbons (Fsp3) is 0.207. The number of carbonyl (C=O) groups is 1. The van der Waals surface area contributed by atoms with Crippen LogP contribution in [0, 0.1) is 24.0 Å². The topological polar surface area (TPSA) is 109 Å². The third-order valence-corrected chi connectivity index (χ3v) is 8.12. The molecule has 11 heteroatoms. The minimum atomic E-state index is -0.793. The number of non-ortho nitro benzene ring substituents is 1. The quantitative estimate of drug-likeness (QED) is 0.187. The number of hydrogen-bond acceptors (Lipinski definition) is 7. The van der Waals surface area contributed by atoms with Crippen molar-refractivity contribution >= 4 is 40.7 Å². The van der Waals surface area contributed by atoms with E-state index in [1.807, 2.05) is 30.5 Å². The van der Waals surface area contributed by atoms with Crippen molar-refractivity contribution in [3.8, 4) is 5.69 Å². The fourth-order valence-corrected chi connectivity index (χ4v) is 6.25. The first-order chi connectivity index (χ1) is 19.1. The van der Waals surface area contributed by atoms with Crippen LogP contribution in [0.5, 0.6) is 0 Å². The summed E-state index contributed by atoms with van der Waals surface area (Å²) >= 11 is 7.80. The number of hydrogen-bond donors (Lipinski definition) is 0. The van der Waals surface area contributed by atoms with E-state index in [2.05, 4.69) is 4.99 Å². The first-order valence-electron chi connectivity index (χ1n) is 12.5. The lowest BCUT2D eigenvalue weighted by molar-refractivity contribution is -0.384. The maximum atomic E-state index is 13.9. The van der Waals surface area contributed by atoms with Gasteiger partial charge >= 0.3 is 5.97 Å². The third-order valence-electron chi connectivity index (χ3n) is 6.79. The van der Waals surface area contributed by atoms with Gasteiger partial charge in [0.2, 0.25) is 0 Å². The van der Waals surface area contributed by atoms with Gasteiger partial charge in [-0.25, -0.2) is 9.79 Å². The molecule has 3 heterocycles. The maximum absolute atomic E-state index is 13.9. The van der Waals surface area contributed by atoms with Crippen LogP contribution in [0.1, 0.15) is 42.4 Å². The number of nitro groups is 1. The largest absolute Gasteiger partial charge is 0.463 e. The number of halogens is 1. The first kappa shape index (κ1) is 27.3. The summed E-state index contributed by atoms with van der Waals surface area (Å²) in [6, 6.07) is 14.6. The molecule has 9 nitrogen and oxygen atoms in total. The van der Waals surface area contributed by atoms with Crippen LogP contribution in [0.25, 0.3) is 11.8 Å². The Morgan fingerprint density at radius 1 is 1.18 bits per heavy atom. The van der Waals surface area contributed by atoms with Gasteiger partial charge in [0.15, 0.2) is 4.80 Å². The molecule has 1 atom stereocenters. The summed E-state index contributed by atoms with van der Waals surface area (Å²) in [4.78, 5) is 42.7. The van der Waals surface area contributed by atoms with E-state index >= 15 is 0 Å². The highest BCUT2D eigenvalue weighted by Gasteiger charge is 2.34. The van der Waals surface area contributed by atoms with Crippen LogP contribution in [0.2, 0.25) is 5.02 Å². The number of aromatic nitrogens is 2. The van der Waals surface area contributed by atoms with E-state index in [0.717, 1.165) is 22.6 Å². The molecule has 40 heavy (non-hydrogen) atoms. The van der Waals surface area contributed by atoms with E-state index in [1.54, 1.807) is 50.3 Å². The van der Waals surface area contributed by atoms with Gasteiger partial charge in [0, 0.05) is 34.2 Å². The maximum Gasteiger partial charge on any atom is 0.338 e. The zero-order valence-electron chi connectivity index (χ0n) is 22.2. The van der Waals surface area contributed by atoms with E-state index in [0.29, 0.717) is 25.6 Å². The van der Waals surface area contributed by atoms with Crippen molar-refractivity contribution in [2.24, 2.45) is 4.99 Å². The molecular formula is C29H25ClN4O5S. The molecule has 1 unspecified atom stereocenters. The van der Waals surface area contributed by atoms with Gasteiger partial charge in [0.05, 0.1) is 27.3 Å². The molecule has 1 aliphatic rings. The minimum Gasteiger partial charge on any atom is -0.463 e. The SMILES string of the molecule is CCOC(=O)C1=C(C)N=c2sc(=Cc3cc(C)n(-c4ccc([N+](=O)[O-])cc4)c3C)c(=O)n2C1c1ccccc1Cl. The first-order valence-corrected chi connectivity index (χ1v) is 13.7. The van der Waals surface area contributed by atoms with Gasteiger partial charge in [-0.15, -0.1) is 0 Å². The molecule has 0 fully saturated rings. The highest BCUT2D eigenvalue weighted by Crippen LogP contribution is 2.34. The Bertz CT molecular complexity index is 1880. The predicted molar refractivity (Wildman–Crippen MR) is 154 cm³/mol. The number of nitro benzene ring substituents is 1. The number of benzene rings is 2. The van der Waals surface area contributed by atoms with Gasteiger partial charge in [-0.05, 0) is 69.2 Å². The average Bonchev–Trinajstić information content (AvgIpc) is 3.37. The van der Waals surface area contributed by atoms with Crippen molar-refractivity contribution in [2.45, 2.75) is 33.7 Å². The normalized spacial score (nSPS) is 15.1. The van der Waals surface area contributed by atoms with E-state index in [9.17, 15) is 19.7 Å². The molecule has 0 radical (unpaired) electrons. The van der Waals surface area contributed by atoms with Crippen LogP contribution >= 0.6 is 22.9 Å². The molecule has 2 aromatic carbocycles. The molecule has 0 aliphatic carbocycles.